The number of carbonyl (C=O) groups is 2. The van der Waals surface area contributed by atoms with E-state index in [2.05, 4.69) is 10.5 Å². The molecule has 1 saturated heterocycles. The van der Waals surface area contributed by atoms with Crippen LogP contribution in [0.3, 0.4) is 0 Å². The van der Waals surface area contributed by atoms with Crippen LogP contribution in [0.1, 0.15) is 41.3 Å². The van der Waals surface area contributed by atoms with Crippen molar-refractivity contribution in [2.24, 2.45) is 5.10 Å². The lowest BCUT2D eigenvalue weighted by Gasteiger charge is -2.17. The van der Waals surface area contributed by atoms with Crippen molar-refractivity contribution in [1.82, 2.24) is 10.3 Å². The first kappa shape index (κ1) is 28.3. The molecule has 2 amide bonds. The minimum absolute atomic E-state index is 0.0381. The molecule has 204 valence electrons. The fourth-order valence-electron chi connectivity index (χ4n) is 3.99. The Labute approximate surface area is 237 Å². The highest BCUT2D eigenvalue weighted by Crippen LogP contribution is 2.28. The second kappa shape index (κ2) is 13.9. The van der Waals surface area contributed by atoms with Crippen molar-refractivity contribution < 1.29 is 23.8 Å². The zero-order chi connectivity index (χ0) is 27.6. The smallest absolute Gasteiger partial charge is 0.275 e. The summed E-state index contributed by atoms with van der Waals surface area (Å²) in [5.41, 5.74) is 4.27. The number of ether oxygens (including phenoxy) is 3. The first-order chi connectivity index (χ1) is 18.9. The van der Waals surface area contributed by atoms with Crippen molar-refractivity contribution in [3.8, 4) is 17.2 Å². The minimum atomic E-state index is -0.436. The van der Waals surface area contributed by atoms with E-state index >= 15 is 0 Å². The summed E-state index contributed by atoms with van der Waals surface area (Å²) >= 11 is 12.2. The summed E-state index contributed by atoms with van der Waals surface area (Å²) in [4.78, 5) is 27.0. The Hall–Kier alpha value is -3.75. The fraction of sp³-hybridized carbons (Fsp3) is 0.276. The molecule has 3 aromatic rings. The summed E-state index contributed by atoms with van der Waals surface area (Å²) in [6, 6.07) is 17.2. The number of hydrogen-bond donors (Lipinski definition) is 1. The van der Waals surface area contributed by atoms with Crippen LogP contribution in [0.2, 0.25) is 10.0 Å². The molecule has 0 aromatic heterocycles. The Kier molecular flexibility index (Phi) is 10.1. The van der Waals surface area contributed by atoms with Gasteiger partial charge in [-0.3, -0.25) is 9.59 Å². The van der Waals surface area contributed by atoms with E-state index in [9.17, 15) is 9.59 Å². The van der Waals surface area contributed by atoms with Crippen molar-refractivity contribution in [3.05, 3.63) is 87.4 Å². The van der Waals surface area contributed by atoms with Crippen LogP contribution in [-0.4, -0.2) is 49.2 Å². The fourth-order valence-corrected chi connectivity index (χ4v) is 4.45. The summed E-state index contributed by atoms with van der Waals surface area (Å²) in [7, 11) is 0. The van der Waals surface area contributed by atoms with Crippen LogP contribution < -0.4 is 19.6 Å². The largest absolute Gasteiger partial charge is 0.490 e. The number of rotatable bonds is 11. The van der Waals surface area contributed by atoms with Crippen molar-refractivity contribution in [2.75, 3.05) is 26.3 Å². The highest BCUT2D eigenvalue weighted by atomic mass is 35.5. The molecule has 39 heavy (non-hydrogen) atoms. The Balaban J connectivity index is 1.37. The van der Waals surface area contributed by atoms with Crippen LogP contribution in [0.4, 0.5) is 0 Å². The zero-order valence-electron chi connectivity index (χ0n) is 21.5. The standard InChI is InChI=1S/C29H29Cl2N3O5/c1-2-37-27-15-20(9-12-26(27)39-19-28(35)34-13-5-6-14-34)17-32-33-29(36)23-7-3-4-8-25(23)38-18-21-10-11-22(30)16-24(21)31/h3-4,7-12,15-17H,2,5-6,13-14,18-19H2,1H3,(H,33,36)/b32-17-. The second-order valence-corrected chi connectivity index (χ2v) is 9.58. The predicted octanol–water partition coefficient (Wildman–Crippen LogP) is 5.74. The summed E-state index contributed by atoms with van der Waals surface area (Å²) in [6.45, 7) is 3.95. The van der Waals surface area contributed by atoms with Gasteiger partial charge in [0.1, 0.15) is 12.4 Å². The van der Waals surface area contributed by atoms with Gasteiger partial charge in [-0.05, 0) is 67.8 Å². The van der Waals surface area contributed by atoms with Crippen LogP contribution >= 0.6 is 23.2 Å². The average Bonchev–Trinajstić information content (AvgIpc) is 3.48. The number of hydrogen-bond acceptors (Lipinski definition) is 6. The van der Waals surface area contributed by atoms with Crippen molar-refractivity contribution in [2.45, 2.75) is 26.4 Å². The Morgan fingerprint density at radius 3 is 2.51 bits per heavy atom. The van der Waals surface area contributed by atoms with E-state index in [4.69, 9.17) is 37.4 Å². The van der Waals surface area contributed by atoms with E-state index in [1.54, 1.807) is 65.6 Å². The van der Waals surface area contributed by atoms with Crippen molar-refractivity contribution in [1.29, 1.82) is 0 Å². The molecule has 0 aliphatic carbocycles. The van der Waals surface area contributed by atoms with E-state index in [1.165, 1.54) is 6.21 Å². The van der Waals surface area contributed by atoms with Gasteiger partial charge in [-0.15, -0.1) is 0 Å². The molecule has 1 aliphatic heterocycles. The third-order valence-electron chi connectivity index (χ3n) is 5.99. The molecule has 0 bridgehead atoms. The van der Waals surface area contributed by atoms with Gasteiger partial charge in [-0.25, -0.2) is 5.43 Å². The average molecular weight is 570 g/mol. The number of halogens is 2. The van der Waals surface area contributed by atoms with Gasteiger partial charge in [-0.1, -0.05) is 41.4 Å². The van der Waals surface area contributed by atoms with Gasteiger partial charge in [0.2, 0.25) is 0 Å². The first-order valence-corrected chi connectivity index (χ1v) is 13.4. The maximum Gasteiger partial charge on any atom is 0.275 e. The molecule has 1 N–H and O–H groups in total. The van der Waals surface area contributed by atoms with E-state index in [0.29, 0.717) is 45.0 Å². The normalized spacial score (nSPS) is 12.9. The van der Waals surface area contributed by atoms with Crippen LogP contribution in [-0.2, 0) is 11.4 Å². The lowest BCUT2D eigenvalue weighted by atomic mass is 10.2. The number of hydrazone groups is 1. The van der Waals surface area contributed by atoms with Crippen LogP contribution in [0.25, 0.3) is 0 Å². The number of likely N-dealkylation sites (tertiary alicyclic amines) is 1. The molecule has 1 heterocycles. The highest BCUT2D eigenvalue weighted by molar-refractivity contribution is 6.35. The van der Waals surface area contributed by atoms with Crippen LogP contribution in [0, 0.1) is 0 Å². The number of para-hydroxylation sites is 1. The topological polar surface area (TPSA) is 89.5 Å². The summed E-state index contributed by atoms with van der Waals surface area (Å²) in [6.07, 6.45) is 3.55. The third-order valence-corrected chi connectivity index (χ3v) is 6.57. The van der Waals surface area contributed by atoms with E-state index in [1.807, 2.05) is 6.92 Å². The Morgan fingerprint density at radius 2 is 1.74 bits per heavy atom. The lowest BCUT2D eigenvalue weighted by molar-refractivity contribution is -0.132. The maximum atomic E-state index is 12.8. The number of nitrogens with zero attached hydrogens (tertiary/aromatic N) is 2. The minimum Gasteiger partial charge on any atom is -0.490 e. The lowest BCUT2D eigenvalue weighted by Crippen LogP contribution is -2.32. The number of amides is 2. The Bertz CT molecular complexity index is 1340. The van der Waals surface area contributed by atoms with E-state index < -0.39 is 5.91 Å². The molecule has 3 aromatic carbocycles. The van der Waals surface area contributed by atoms with Crippen molar-refractivity contribution in [3.63, 3.8) is 0 Å². The monoisotopic (exact) mass is 569 g/mol. The van der Waals surface area contributed by atoms with E-state index in [-0.39, 0.29) is 19.1 Å². The van der Waals surface area contributed by atoms with Gasteiger partial charge in [0.25, 0.3) is 11.8 Å². The number of benzene rings is 3. The Morgan fingerprint density at radius 1 is 0.949 bits per heavy atom. The summed E-state index contributed by atoms with van der Waals surface area (Å²) < 4.78 is 17.3. The van der Waals surface area contributed by atoms with Gasteiger partial charge in [-0.2, -0.15) is 5.10 Å². The molecule has 0 radical (unpaired) electrons. The number of nitrogens with one attached hydrogen (secondary N) is 1. The molecule has 0 spiro atoms. The third kappa shape index (κ3) is 7.88. The van der Waals surface area contributed by atoms with Crippen LogP contribution in [0.15, 0.2) is 65.8 Å². The molecule has 1 aliphatic rings. The molecular weight excluding hydrogens is 541 g/mol. The van der Waals surface area contributed by atoms with Gasteiger partial charge in [0.15, 0.2) is 18.1 Å². The molecule has 10 heteroatoms. The van der Waals surface area contributed by atoms with Gasteiger partial charge < -0.3 is 19.1 Å². The zero-order valence-corrected chi connectivity index (χ0v) is 23.0. The van der Waals surface area contributed by atoms with Crippen LogP contribution in [0.5, 0.6) is 17.2 Å². The van der Waals surface area contributed by atoms with Gasteiger partial charge >= 0.3 is 0 Å². The molecule has 4 rings (SSSR count). The molecule has 1 fully saturated rings. The summed E-state index contributed by atoms with van der Waals surface area (Å²) in [5, 5.41) is 5.10. The van der Waals surface area contributed by atoms with Gasteiger partial charge in [0, 0.05) is 28.7 Å². The maximum absolute atomic E-state index is 12.8. The van der Waals surface area contributed by atoms with Gasteiger partial charge in [0.05, 0.1) is 18.4 Å². The first-order valence-electron chi connectivity index (χ1n) is 12.6. The quantitative estimate of drug-likeness (QED) is 0.235. The van der Waals surface area contributed by atoms with Crippen molar-refractivity contribution >= 4 is 41.2 Å². The molecule has 8 nitrogen and oxygen atoms in total. The molecular formula is C29H29Cl2N3O5. The summed E-state index contributed by atoms with van der Waals surface area (Å²) in [5.74, 6) is 0.872. The molecule has 0 atom stereocenters. The van der Waals surface area contributed by atoms with E-state index in [0.717, 1.165) is 31.5 Å². The second-order valence-electron chi connectivity index (χ2n) is 8.74. The predicted molar refractivity (Wildman–Crippen MR) is 151 cm³/mol. The highest BCUT2D eigenvalue weighted by Gasteiger charge is 2.19. The number of carbonyl (C=O) groups excluding carboxylic acids is 2. The molecule has 0 unspecified atom stereocenters. The molecule has 0 saturated carbocycles. The SMILES string of the molecule is CCOc1cc(/C=N\NC(=O)c2ccccc2OCc2ccc(Cl)cc2Cl)ccc1OCC(=O)N1CCCC1.